The maximum atomic E-state index is 6.31. The summed E-state index contributed by atoms with van der Waals surface area (Å²) in [4.78, 5) is 0. The maximum absolute atomic E-state index is 6.31. The minimum atomic E-state index is -0.0589. The van der Waals surface area contributed by atoms with Crippen LogP contribution < -0.4 is 5.73 Å². The van der Waals surface area contributed by atoms with Crippen molar-refractivity contribution in [2.24, 2.45) is 5.73 Å². The molecule has 0 saturated carbocycles. The van der Waals surface area contributed by atoms with Gasteiger partial charge in [0.15, 0.2) is 0 Å². The van der Waals surface area contributed by atoms with E-state index >= 15 is 0 Å². The Morgan fingerprint density at radius 2 is 1.76 bits per heavy atom. The second-order valence-corrected chi connectivity index (χ2v) is 5.71. The predicted molar refractivity (Wildman–Crippen MR) is 87.4 cm³/mol. The molecule has 2 nitrogen and oxygen atoms in total. The van der Waals surface area contributed by atoms with E-state index in [-0.39, 0.29) is 6.04 Å². The Balaban J connectivity index is 1.76. The summed E-state index contributed by atoms with van der Waals surface area (Å²) in [7, 11) is 0. The van der Waals surface area contributed by atoms with Gasteiger partial charge in [0.05, 0.1) is 6.04 Å². The lowest BCUT2D eigenvalue weighted by Gasteiger charge is -2.10. The third-order valence-electron chi connectivity index (χ3n) is 4.11. The van der Waals surface area contributed by atoms with Crippen LogP contribution in [0.5, 0.6) is 0 Å². The third kappa shape index (κ3) is 2.86. The number of nitrogens with two attached hydrogens (primary N) is 1. The molecule has 2 heteroatoms. The van der Waals surface area contributed by atoms with Gasteiger partial charge in [-0.2, -0.15) is 0 Å². The van der Waals surface area contributed by atoms with Crippen LogP contribution in [0.25, 0.3) is 11.0 Å². The summed E-state index contributed by atoms with van der Waals surface area (Å²) in [6, 6.07) is 16.7. The zero-order valence-corrected chi connectivity index (χ0v) is 12.6. The van der Waals surface area contributed by atoms with Crippen molar-refractivity contribution in [3.8, 4) is 0 Å². The first-order valence-corrected chi connectivity index (χ1v) is 7.44. The summed E-state index contributed by atoms with van der Waals surface area (Å²) in [5, 5.41) is 1.14. The van der Waals surface area contributed by atoms with Crippen LogP contribution in [-0.2, 0) is 6.42 Å². The van der Waals surface area contributed by atoms with Gasteiger partial charge in [-0.05, 0) is 49.4 Å². The van der Waals surface area contributed by atoms with Gasteiger partial charge in [0.2, 0.25) is 0 Å². The number of aryl methyl sites for hydroxylation is 3. The van der Waals surface area contributed by atoms with Crippen molar-refractivity contribution in [3.63, 3.8) is 0 Å². The van der Waals surface area contributed by atoms with Gasteiger partial charge in [-0.3, -0.25) is 0 Å². The van der Waals surface area contributed by atoms with Crippen molar-refractivity contribution in [3.05, 3.63) is 71.0 Å². The van der Waals surface area contributed by atoms with Crippen LogP contribution in [0.15, 0.2) is 52.9 Å². The number of para-hydroxylation sites is 1. The fourth-order valence-electron chi connectivity index (χ4n) is 2.76. The topological polar surface area (TPSA) is 39.2 Å². The normalized spacial score (nSPS) is 12.7. The molecular formula is C19H21NO. The fraction of sp³-hybridized carbons (Fsp3) is 0.263. The summed E-state index contributed by atoms with van der Waals surface area (Å²) in [5.41, 5.74) is 11.1. The van der Waals surface area contributed by atoms with Crippen molar-refractivity contribution in [1.29, 1.82) is 0 Å². The Labute approximate surface area is 125 Å². The standard InChI is InChI=1S/C19H21NO/c1-13-6-3-4-8-15(13)10-11-17(20)18-12-16-9-5-7-14(2)19(16)21-18/h3-9,12,17H,10-11,20H2,1-2H3. The van der Waals surface area contributed by atoms with Crippen LogP contribution in [0, 0.1) is 13.8 Å². The number of fused-ring (bicyclic) bond motifs is 1. The molecule has 1 heterocycles. The van der Waals surface area contributed by atoms with E-state index in [1.165, 1.54) is 11.1 Å². The Morgan fingerprint density at radius 1 is 1.00 bits per heavy atom. The smallest absolute Gasteiger partial charge is 0.137 e. The lowest BCUT2D eigenvalue weighted by molar-refractivity contribution is 0.477. The molecular weight excluding hydrogens is 258 g/mol. The molecule has 0 fully saturated rings. The number of benzene rings is 2. The molecule has 21 heavy (non-hydrogen) atoms. The zero-order valence-electron chi connectivity index (χ0n) is 12.6. The summed E-state index contributed by atoms with van der Waals surface area (Å²) in [6.45, 7) is 4.21. The first kappa shape index (κ1) is 13.9. The molecule has 1 unspecified atom stereocenters. The maximum Gasteiger partial charge on any atom is 0.137 e. The van der Waals surface area contributed by atoms with E-state index in [1.54, 1.807) is 0 Å². The number of furan rings is 1. The van der Waals surface area contributed by atoms with E-state index in [0.717, 1.165) is 35.1 Å². The van der Waals surface area contributed by atoms with Gasteiger partial charge in [0, 0.05) is 5.39 Å². The third-order valence-corrected chi connectivity index (χ3v) is 4.11. The lowest BCUT2D eigenvalue weighted by atomic mass is 10.0. The van der Waals surface area contributed by atoms with Crippen molar-refractivity contribution in [1.82, 2.24) is 0 Å². The summed E-state index contributed by atoms with van der Waals surface area (Å²) < 4.78 is 5.95. The Morgan fingerprint density at radius 3 is 2.52 bits per heavy atom. The van der Waals surface area contributed by atoms with Crippen LogP contribution in [0.4, 0.5) is 0 Å². The average Bonchev–Trinajstić information content (AvgIpc) is 2.92. The summed E-state index contributed by atoms with van der Waals surface area (Å²) in [6.07, 6.45) is 1.87. The number of hydrogen-bond donors (Lipinski definition) is 1. The lowest BCUT2D eigenvalue weighted by Crippen LogP contribution is -2.10. The molecule has 3 aromatic rings. The molecule has 0 aliphatic carbocycles. The predicted octanol–water partition coefficient (Wildman–Crippen LogP) is 4.68. The quantitative estimate of drug-likeness (QED) is 0.753. The molecule has 0 amide bonds. The second-order valence-electron chi connectivity index (χ2n) is 5.71. The monoisotopic (exact) mass is 279 g/mol. The van der Waals surface area contributed by atoms with Crippen LogP contribution >= 0.6 is 0 Å². The molecule has 3 rings (SSSR count). The van der Waals surface area contributed by atoms with E-state index in [0.29, 0.717) is 0 Å². The summed E-state index contributed by atoms with van der Waals surface area (Å²) in [5.74, 6) is 0.882. The number of rotatable bonds is 4. The first-order valence-electron chi connectivity index (χ1n) is 7.44. The molecule has 0 bridgehead atoms. The van der Waals surface area contributed by atoms with Gasteiger partial charge in [-0.25, -0.2) is 0 Å². The van der Waals surface area contributed by atoms with Gasteiger partial charge < -0.3 is 10.2 Å². The highest BCUT2D eigenvalue weighted by molar-refractivity contribution is 5.80. The highest BCUT2D eigenvalue weighted by Gasteiger charge is 2.13. The van der Waals surface area contributed by atoms with Gasteiger partial charge in [0.1, 0.15) is 11.3 Å². The largest absolute Gasteiger partial charge is 0.459 e. The Bertz CT molecular complexity index is 757. The molecule has 0 saturated heterocycles. The van der Waals surface area contributed by atoms with Crippen molar-refractivity contribution < 1.29 is 4.42 Å². The van der Waals surface area contributed by atoms with Crippen molar-refractivity contribution in [2.45, 2.75) is 32.7 Å². The average molecular weight is 279 g/mol. The van der Waals surface area contributed by atoms with E-state index in [4.69, 9.17) is 10.2 Å². The van der Waals surface area contributed by atoms with Gasteiger partial charge >= 0.3 is 0 Å². The van der Waals surface area contributed by atoms with Gasteiger partial charge in [-0.15, -0.1) is 0 Å². The van der Waals surface area contributed by atoms with E-state index < -0.39 is 0 Å². The molecule has 0 aliphatic rings. The van der Waals surface area contributed by atoms with E-state index in [9.17, 15) is 0 Å². The molecule has 0 radical (unpaired) electrons. The van der Waals surface area contributed by atoms with Crippen molar-refractivity contribution in [2.75, 3.05) is 0 Å². The Kier molecular flexibility index (Phi) is 3.80. The van der Waals surface area contributed by atoms with Crippen LogP contribution in [0.3, 0.4) is 0 Å². The molecule has 1 atom stereocenters. The van der Waals surface area contributed by atoms with E-state index in [1.807, 2.05) is 0 Å². The Hall–Kier alpha value is -2.06. The van der Waals surface area contributed by atoms with Gasteiger partial charge in [-0.1, -0.05) is 42.5 Å². The second kappa shape index (κ2) is 5.74. The van der Waals surface area contributed by atoms with Gasteiger partial charge in [0.25, 0.3) is 0 Å². The van der Waals surface area contributed by atoms with Crippen LogP contribution in [-0.4, -0.2) is 0 Å². The van der Waals surface area contributed by atoms with Crippen molar-refractivity contribution >= 4 is 11.0 Å². The minimum absolute atomic E-state index is 0.0589. The number of hydrogen-bond acceptors (Lipinski definition) is 2. The molecule has 2 N–H and O–H groups in total. The fourth-order valence-corrected chi connectivity index (χ4v) is 2.76. The summed E-state index contributed by atoms with van der Waals surface area (Å²) >= 11 is 0. The highest BCUT2D eigenvalue weighted by atomic mass is 16.3. The molecule has 108 valence electrons. The molecule has 0 spiro atoms. The highest BCUT2D eigenvalue weighted by Crippen LogP contribution is 2.27. The van der Waals surface area contributed by atoms with Crippen LogP contribution in [0.1, 0.15) is 34.9 Å². The first-order chi connectivity index (χ1) is 10.1. The van der Waals surface area contributed by atoms with E-state index in [2.05, 4.69) is 62.4 Å². The molecule has 0 aliphatic heterocycles. The minimum Gasteiger partial charge on any atom is -0.459 e. The van der Waals surface area contributed by atoms with Crippen LogP contribution in [0.2, 0.25) is 0 Å². The SMILES string of the molecule is Cc1ccccc1CCC(N)c1cc2cccc(C)c2o1. The zero-order chi connectivity index (χ0) is 14.8. The molecule has 1 aromatic heterocycles. The molecule has 2 aromatic carbocycles.